The van der Waals surface area contributed by atoms with E-state index in [2.05, 4.69) is 0 Å². The lowest BCUT2D eigenvalue weighted by Gasteiger charge is -2.34. The molecule has 0 bridgehead atoms. The van der Waals surface area contributed by atoms with Crippen molar-refractivity contribution in [1.29, 1.82) is 5.26 Å². The Hall–Kier alpha value is -0.600. The van der Waals surface area contributed by atoms with Crippen LogP contribution in [0.2, 0.25) is 0 Å². The molecule has 0 N–H and O–H groups in total. The minimum Gasteiger partial charge on any atom is -0.211 e. The van der Waals surface area contributed by atoms with Gasteiger partial charge in [0.05, 0.1) is 6.07 Å². The van der Waals surface area contributed by atoms with E-state index in [1.165, 1.54) is 4.31 Å². The molecule has 1 aliphatic rings. The third kappa shape index (κ3) is 1.91. The third-order valence-corrected chi connectivity index (χ3v) is 5.12. The monoisotopic (exact) mass is 216 g/mol. The molecule has 0 heterocycles. The van der Waals surface area contributed by atoms with Gasteiger partial charge in [0.2, 0.25) is 10.0 Å². The van der Waals surface area contributed by atoms with Crippen molar-refractivity contribution >= 4 is 10.0 Å². The maximum Gasteiger partial charge on any atom is 0.230 e. The Morgan fingerprint density at radius 2 is 2.14 bits per heavy atom. The number of sulfonamides is 1. The summed E-state index contributed by atoms with van der Waals surface area (Å²) in [6, 6.07) is 1.97. The SMILES string of the molecule is CCC(C#N)S(=O)(=O)N(C)C1CCC1. The smallest absolute Gasteiger partial charge is 0.211 e. The fourth-order valence-electron chi connectivity index (χ4n) is 1.53. The van der Waals surface area contributed by atoms with Crippen LogP contribution in [-0.2, 0) is 10.0 Å². The zero-order valence-corrected chi connectivity index (χ0v) is 9.42. The van der Waals surface area contributed by atoms with Crippen LogP contribution in [0.1, 0.15) is 32.6 Å². The molecular weight excluding hydrogens is 200 g/mol. The van der Waals surface area contributed by atoms with Crippen LogP contribution in [0.15, 0.2) is 0 Å². The van der Waals surface area contributed by atoms with Crippen molar-refractivity contribution < 1.29 is 8.42 Å². The van der Waals surface area contributed by atoms with Crippen LogP contribution in [0.25, 0.3) is 0 Å². The second-order valence-corrected chi connectivity index (χ2v) is 5.85. The van der Waals surface area contributed by atoms with E-state index in [1.54, 1.807) is 14.0 Å². The first kappa shape index (κ1) is 11.5. The fraction of sp³-hybridized carbons (Fsp3) is 0.889. The normalized spacial score (nSPS) is 20.1. The maximum atomic E-state index is 11.8. The van der Waals surface area contributed by atoms with Gasteiger partial charge in [0, 0.05) is 13.1 Å². The molecule has 1 aliphatic carbocycles. The molecule has 0 saturated heterocycles. The van der Waals surface area contributed by atoms with Crippen molar-refractivity contribution in [1.82, 2.24) is 4.31 Å². The van der Waals surface area contributed by atoms with E-state index in [1.807, 2.05) is 6.07 Å². The molecule has 0 amide bonds. The molecule has 1 saturated carbocycles. The molecule has 1 fully saturated rings. The summed E-state index contributed by atoms with van der Waals surface area (Å²) >= 11 is 0. The van der Waals surface area contributed by atoms with Crippen LogP contribution >= 0.6 is 0 Å². The minimum absolute atomic E-state index is 0.127. The zero-order valence-electron chi connectivity index (χ0n) is 8.60. The van der Waals surface area contributed by atoms with E-state index in [0.29, 0.717) is 6.42 Å². The highest BCUT2D eigenvalue weighted by Crippen LogP contribution is 2.27. The van der Waals surface area contributed by atoms with Crippen LogP contribution in [0, 0.1) is 11.3 Å². The number of nitrogens with zero attached hydrogens (tertiary/aromatic N) is 2. The predicted molar refractivity (Wildman–Crippen MR) is 54.0 cm³/mol. The molecule has 0 aromatic carbocycles. The highest BCUT2D eigenvalue weighted by atomic mass is 32.2. The van der Waals surface area contributed by atoms with Crippen molar-refractivity contribution in [3.8, 4) is 6.07 Å². The third-order valence-electron chi connectivity index (χ3n) is 2.86. The zero-order chi connectivity index (χ0) is 10.8. The van der Waals surface area contributed by atoms with Gasteiger partial charge in [0.25, 0.3) is 0 Å². The summed E-state index contributed by atoms with van der Waals surface area (Å²) in [6.45, 7) is 1.72. The van der Waals surface area contributed by atoms with Gasteiger partial charge in [-0.25, -0.2) is 12.7 Å². The summed E-state index contributed by atoms with van der Waals surface area (Å²) in [7, 11) is -1.81. The van der Waals surface area contributed by atoms with E-state index in [0.717, 1.165) is 19.3 Å². The number of hydrogen-bond donors (Lipinski definition) is 0. The van der Waals surface area contributed by atoms with Crippen LogP contribution in [0.4, 0.5) is 0 Å². The lowest BCUT2D eigenvalue weighted by molar-refractivity contribution is 0.248. The predicted octanol–water partition coefficient (Wildman–Crippen LogP) is 1.10. The van der Waals surface area contributed by atoms with Gasteiger partial charge in [-0.2, -0.15) is 5.26 Å². The lowest BCUT2D eigenvalue weighted by atomic mass is 9.94. The van der Waals surface area contributed by atoms with E-state index in [-0.39, 0.29) is 6.04 Å². The Morgan fingerprint density at radius 3 is 2.43 bits per heavy atom. The highest BCUT2D eigenvalue weighted by Gasteiger charge is 2.35. The molecule has 5 heteroatoms. The second kappa shape index (κ2) is 4.28. The van der Waals surface area contributed by atoms with Crippen LogP contribution in [0.5, 0.6) is 0 Å². The van der Waals surface area contributed by atoms with Crippen molar-refractivity contribution in [3.63, 3.8) is 0 Å². The lowest BCUT2D eigenvalue weighted by Crippen LogP contribution is -2.45. The topological polar surface area (TPSA) is 61.2 Å². The summed E-state index contributed by atoms with van der Waals surface area (Å²) in [5, 5.41) is 7.85. The number of rotatable bonds is 4. The molecule has 0 spiro atoms. The molecular formula is C9H16N2O2S. The largest absolute Gasteiger partial charge is 0.230 e. The van der Waals surface area contributed by atoms with Gasteiger partial charge >= 0.3 is 0 Å². The Balaban J connectivity index is 2.78. The minimum atomic E-state index is -3.39. The van der Waals surface area contributed by atoms with Gasteiger partial charge < -0.3 is 0 Å². The number of nitriles is 1. The molecule has 4 nitrogen and oxygen atoms in total. The summed E-state index contributed by atoms with van der Waals surface area (Å²) in [4.78, 5) is 0. The van der Waals surface area contributed by atoms with Gasteiger partial charge in [-0.1, -0.05) is 13.3 Å². The first-order chi connectivity index (χ1) is 6.54. The van der Waals surface area contributed by atoms with Crippen LogP contribution < -0.4 is 0 Å². The molecule has 1 atom stereocenters. The average molecular weight is 216 g/mol. The molecule has 14 heavy (non-hydrogen) atoms. The standard InChI is InChI=1S/C9H16N2O2S/c1-3-9(7-10)14(12,13)11(2)8-5-4-6-8/h8-9H,3-6H2,1-2H3. The maximum absolute atomic E-state index is 11.8. The molecule has 0 aromatic rings. The van der Waals surface area contributed by atoms with Gasteiger partial charge in [0.15, 0.2) is 5.25 Å². The van der Waals surface area contributed by atoms with Crippen LogP contribution in [0.3, 0.4) is 0 Å². The molecule has 1 unspecified atom stereocenters. The van der Waals surface area contributed by atoms with Crippen molar-refractivity contribution in [2.45, 2.75) is 43.9 Å². The first-order valence-corrected chi connectivity index (χ1v) is 6.40. The highest BCUT2D eigenvalue weighted by molar-refractivity contribution is 7.90. The van der Waals surface area contributed by atoms with Gasteiger partial charge in [0.1, 0.15) is 0 Å². The summed E-state index contributed by atoms with van der Waals surface area (Å²) in [5.41, 5.74) is 0. The summed E-state index contributed by atoms with van der Waals surface area (Å²) < 4.78 is 25.0. The molecule has 1 rings (SSSR count). The fourth-order valence-corrected chi connectivity index (χ4v) is 3.11. The van der Waals surface area contributed by atoms with Gasteiger partial charge in [-0.15, -0.1) is 0 Å². The molecule has 80 valence electrons. The Kier molecular flexibility index (Phi) is 3.51. The quantitative estimate of drug-likeness (QED) is 0.707. The van der Waals surface area contributed by atoms with Gasteiger partial charge in [-0.3, -0.25) is 0 Å². The van der Waals surface area contributed by atoms with E-state index >= 15 is 0 Å². The van der Waals surface area contributed by atoms with Crippen molar-refractivity contribution in [2.75, 3.05) is 7.05 Å². The second-order valence-electron chi connectivity index (χ2n) is 3.67. The Morgan fingerprint density at radius 1 is 1.57 bits per heavy atom. The Labute approximate surface area is 85.6 Å². The van der Waals surface area contributed by atoms with Crippen LogP contribution in [-0.4, -0.2) is 31.1 Å². The summed E-state index contributed by atoms with van der Waals surface area (Å²) in [6.07, 6.45) is 3.30. The van der Waals surface area contributed by atoms with E-state index in [4.69, 9.17) is 5.26 Å². The van der Waals surface area contributed by atoms with E-state index < -0.39 is 15.3 Å². The molecule has 0 aromatic heterocycles. The van der Waals surface area contributed by atoms with Crippen molar-refractivity contribution in [3.05, 3.63) is 0 Å². The first-order valence-electron chi connectivity index (χ1n) is 4.90. The molecule has 0 radical (unpaired) electrons. The molecule has 0 aliphatic heterocycles. The van der Waals surface area contributed by atoms with E-state index in [9.17, 15) is 8.42 Å². The number of hydrogen-bond acceptors (Lipinski definition) is 3. The summed E-state index contributed by atoms with van der Waals surface area (Å²) in [5.74, 6) is 0. The average Bonchev–Trinajstić information content (AvgIpc) is 2.02. The Bertz CT molecular complexity index is 327. The van der Waals surface area contributed by atoms with Crippen molar-refractivity contribution in [2.24, 2.45) is 0 Å². The van der Waals surface area contributed by atoms with Gasteiger partial charge in [-0.05, 0) is 19.3 Å².